The van der Waals surface area contributed by atoms with Gasteiger partial charge < -0.3 is 21.5 Å². The molecule has 0 spiro atoms. The number of halogens is 6. The van der Waals surface area contributed by atoms with Gasteiger partial charge in [0.25, 0.3) is 5.91 Å². The number of amides is 2. The Kier molecular flexibility index (Phi) is 11.6. The van der Waals surface area contributed by atoms with Gasteiger partial charge in [0, 0.05) is 12.0 Å². The molecule has 0 bridgehead atoms. The fraction of sp³-hybridized carbons (Fsp3) is 0.458. The van der Waals surface area contributed by atoms with Crippen LogP contribution in [0.4, 0.5) is 26.3 Å². The predicted octanol–water partition coefficient (Wildman–Crippen LogP) is 4.16. The van der Waals surface area contributed by atoms with E-state index in [4.69, 9.17) is 5.73 Å². The minimum atomic E-state index is -4.52. The van der Waals surface area contributed by atoms with E-state index in [9.17, 15) is 45.8 Å². The first kappa shape index (κ1) is 33.1. The molecule has 1 aromatic carbocycles. The third-order valence-corrected chi connectivity index (χ3v) is 6.76. The van der Waals surface area contributed by atoms with Crippen molar-refractivity contribution >= 4 is 46.1 Å². The zero-order valence-electron chi connectivity index (χ0n) is 20.9. The van der Waals surface area contributed by atoms with E-state index >= 15 is 0 Å². The second-order valence-electron chi connectivity index (χ2n) is 8.85. The molecule has 2 rings (SSSR count). The van der Waals surface area contributed by atoms with Crippen molar-refractivity contribution in [1.82, 2.24) is 15.6 Å². The van der Waals surface area contributed by atoms with Crippen LogP contribution in [0.5, 0.6) is 0 Å². The normalized spacial score (nSPS) is 14.2. The molecule has 8 nitrogen and oxygen atoms in total. The lowest BCUT2D eigenvalue weighted by molar-refractivity contribution is -0.138. The molecule has 220 valence electrons. The molecular formula is C24H26F6N4O4S2. The fourth-order valence-corrected chi connectivity index (χ4v) is 4.41. The van der Waals surface area contributed by atoms with E-state index in [0.717, 1.165) is 29.7 Å². The van der Waals surface area contributed by atoms with Crippen LogP contribution in [-0.4, -0.2) is 57.0 Å². The number of nitrogens with one attached hydrogen (secondary N) is 2. The molecule has 0 saturated carbocycles. The number of nitrogens with zero attached hydrogens (tertiary/aromatic N) is 1. The molecule has 1 heterocycles. The zero-order chi connectivity index (χ0) is 30.3. The molecule has 1 unspecified atom stereocenters. The second-order valence-corrected chi connectivity index (χ2v) is 10.3. The van der Waals surface area contributed by atoms with Crippen LogP contribution in [0.15, 0.2) is 30.5 Å². The standard InChI is InChI=1S/C24H26F6N4O4S2/c1-12(35)4-9-16(20(37)33-15(18(36)19(31)39)3-2-10-23(25,26)27)34-21(38)17-11-32-22(40-17)13-5-7-14(8-6-13)24(28,29)30/h5-8,11-12,15-16,35H,2-4,9-10H2,1H3,(H2,31,39)(H,33,37)(H,34,38)/t12?,15-,16-/m0/s1. The Balaban J connectivity index is 2.17. The quantitative estimate of drug-likeness (QED) is 0.197. The molecule has 5 N–H and O–H groups in total. The fourth-order valence-electron chi connectivity index (χ4n) is 3.44. The molecule has 0 aliphatic heterocycles. The van der Waals surface area contributed by atoms with Gasteiger partial charge in [0.15, 0.2) is 0 Å². The Bertz CT molecular complexity index is 1200. The van der Waals surface area contributed by atoms with E-state index in [2.05, 4.69) is 27.8 Å². The Morgan fingerprint density at radius 2 is 1.65 bits per heavy atom. The van der Waals surface area contributed by atoms with Gasteiger partial charge in [-0.2, -0.15) is 26.3 Å². The molecule has 0 aliphatic rings. The maximum absolute atomic E-state index is 13.0. The van der Waals surface area contributed by atoms with Gasteiger partial charge in [0.1, 0.15) is 20.9 Å². The van der Waals surface area contributed by atoms with Crippen molar-refractivity contribution in [3.63, 3.8) is 0 Å². The number of benzene rings is 1. The topological polar surface area (TPSA) is 134 Å². The average molecular weight is 613 g/mol. The van der Waals surface area contributed by atoms with Crippen molar-refractivity contribution in [3.8, 4) is 10.6 Å². The van der Waals surface area contributed by atoms with E-state index in [1.807, 2.05) is 0 Å². The van der Waals surface area contributed by atoms with Crippen LogP contribution in [-0.2, 0) is 15.8 Å². The van der Waals surface area contributed by atoms with Crippen molar-refractivity contribution in [2.24, 2.45) is 5.73 Å². The van der Waals surface area contributed by atoms with Crippen molar-refractivity contribution in [2.45, 2.75) is 69.6 Å². The van der Waals surface area contributed by atoms with Crippen LogP contribution in [0.1, 0.15) is 54.3 Å². The van der Waals surface area contributed by atoms with Gasteiger partial charge in [-0.3, -0.25) is 14.4 Å². The molecule has 40 heavy (non-hydrogen) atoms. The Hall–Kier alpha value is -3.11. The lowest BCUT2D eigenvalue weighted by Gasteiger charge is -2.23. The number of thiocarbonyl (C=S) groups is 1. The first-order valence-corrected chi connectivity index (χ1v) is 13.0. The number of carbonyl (C=O) groups excluding carboxylic acids is 3. The number of thiazole rings is 1. The molecule has 16 heteroatoms. The Morgan fingerprint density at radius 1 is 1.02 bits per heavy atom. The number of aliphatic hydroxyl groups is 1. The van der Waals surface area contributed by atoms with Crippen molar-refractivity contribution in [3.05, 3.63) is 40.9 Å². The van der Waals surface area contributed by atoms with Crippen LogP contribution in [0.2, 0.25) is 0 Å². The van der Waals surface area contributed by atoms with Gasteiger partial charge in [0.2, 0.25) is 11.7 Å². The van der Waals surface area contributed by atoms with Gasteiger partial charge in [-0.05, 0) is 44.7 Å². The summed E-state index contributed by atoms with van der Waals surface area (Å²) in [5.74, 6) is -2.64. The largest absolute Gasteiger partial charge is 0.416 e. The second kappa shape index (κ2) is 14.0. The first-order chi connectivity index (χ1) is 18.5. The summed E-state index contributed by atoms with van der Waals surface area (Å²) < 4.78 is 76.1. The summed E-state index contributed by atoms with van der Waals surface area (Å²) in [6, 6.07) is 1.34. The SMILES string of the molecule is CC(O)CC[C@H](NC(=O)c1cnc(-c2ccc(C(F)(F)F)cc2)s1)C(=O)N[C@@H](CCCC(F)(F)F)C(=O)C(N)=S. The van der Waals surface area contributed by atoms with Crippen molar-refractivity contribution < 1.29 is 45.8 Å². The number of alkyl halides is 6. The summed E-state index contributed by atoms with van der Waals surface area (Å²) in [4.78, 5) is 41.6. The van der Waals surface area contributed by atoms with Gasteiger partial charge in [-0.25, -0.2) is 4.98 Å². The van der Waals surface area contributed by atoms with Gasteiger partial charge in [0.05, 0.1) is 23.9 Å². The average Bonchev–Trinajstić information content (AvgIpc) is 3.34. The number of aliphatic hydroxyl groups excluding tert-OH is 1. The van der Waals surface area contributed by atoms with E-state index in [0.29, 0.717) is 5.56 Å². The van der Waals surface area contributed by atoms with E-state index in [-0.39, 0.29) is 22.7 Å². The highest BCUT2D eigenvalue weighted by atomic mass is 32.1. The minimum absolute atomic E-state index is 0.00526. The summed E-state index contributed by atoms with van der Waals surface area (Å²) >= 11 is 5.46. The highest BCUT2D eigenvalue weighted by molar-refractivity contribution is 7.82. The van der Waals surface area contributed by atoms with E-state index in [1.165, 1.54) is 19.1 Å². The monoisotopic (exact) mass is 612 g/mol. The minimum Gasteiger partial charge on any atom is -0.393 e. The van der Waals surface area contributed by atoms with Crippen molar-refractivity contribution in [2.75, 3.05) is 0 Å². The van der Waals surface area contributed by atoms with E-state index < -0.39 is 78.0 Å². The van der Waals surface area contributed by atoms with Crippen molar-refractivity contribution in [1.29, 1.82) is 0 Å². The number of rotatable bonds is 13. The van der Waals surface area contributed by atoms with Crippen LogP contribution < -0.4 is 16.4 Å². The number of carbonyl (C=O) groups is 3. The van der Waals surface area contributed by atoms with Crippen LogP contribution in [0.3, 0.4) is 0 Å². The van der Waals surface area contributed by atoms with E-state index in [1.54, 1.807) is 0 Å². The molecule has 0 aliphatic carbocycles. The number of nitrogens with two attached hydrogens (primary N) is 1. The molecule has 0 fully saturated rings. The smallest absolute Gasteiger partial charge is 0.393 e. The third kappa shape index (κ3) is 10.5. The maximum atomic E-state index is 13.0. The number of ketones is 1. The number of Topliss-reactive ketones (excluding diaryl/α,β-unsaturated/α-hetero) is 1. The summed E-state index contributed by atoms with van der Waals surface area (Å²) in [5, 5.41) is 14.6. The molecule has 0 saturated heterocycles. The predicted molar refractivity (Wildman–Crippen MR) is 138 cm³/mol. The Labute approximate surface area is 234 Å². The summed E-state index contributed by atoms with van der Waals surface area (Å²) in [6.45, 7) is 1.44. The molecule has 2 aromatic rings. The summed E-state index contributed by atoms with van der Waals surface area (Å²) in [5.41, 5.74) is 4.79. The lowest BCUT2D eigenvalue weighted by atomic mass is 10.0. The highest BCUT2D eigenvalue weighted by Gasteiger charge is 2.32. The maximum Gasteiger partial charge on any atom is 0.416 e. The van der Waals surface area contributed by atoms with Crippen LogP contribution >= 0.6 is 23.6 Å². The van der Waals surface area contributed by atoms with Crippen LogP contribution in [0.25, 0.3) is 10.6 Å². The first-order valence-electron chi connectivity index (χ1n) is 11.8. The molecule has 3 atom stereocenters. The molecule has 2 amide bonds. The van der Waals surface area contributed by atoms with Gasteiger partial charge in [-0.1, -0.05) is 24.4 Å². The van der Waals surface area contributed by atoms with Crippen LogP contribution in [0, 0.1) is 0 Å². The third-order valence-electron chi connectivity index (χ3n) is 5.51. The molecule has 0 radical (unpaired) electrons. The zero-order valence-corrected chi connectivity index (χ0v) is 22.6. The number of hydrogen-bond acceptors (Lipinski definition) is 7. The number of aromatic nitrogens is 1. The highest BCUT2D eigenvalue weighted by Crippen LogP contribution is 2.32. The van der Waals surface area contributed by atoms with Gasteiger partial charge >= 0.3 is 12.4 Å². The Morgan fingerprint density at radius 3 is 2.17 bits per heavy atom. The summed E-state index contributed by atoms with van der Waals surface area (Å²) in [6.07, 6.45) is -10.9. The lowest BCUT2D eigenvalue weighted by Crippen LogP contribution is -2.53. The number of hydrogen-bond donors (Lipinski definition) is 4. The summed E-state index contributed by atoms with van der Waals surface area (Å²) in [7, 11) is 0. The molecular weight excluding hydrogens is 586 g/mol. The molecule has 1 aromatic heterocycles. The van der Waals surface area contributed by atoms with Gasteiger partial charge in [-0.15, -0.1) is 11.3 Å².